The van der Waals surface area contributed by atoms with E-state index >= 15 is 0 Å². The summed E-state index contributed by atoms with van der Waals surface area (Å²) in [6, 6.07) is 0.663. The molecule has 3 aromatic heterocycles. The molecule has 12 heteroatoms. The highest BCUT2D eigenvalue weighted by Crippen LogP contribution is 2.28. The molecule has 28 heavy (non-hydrogen) atoms. The minimum atomic E-state index is -4.46. The van der Waals surface area contributed by atoms with Crippen molar-refractivity contribution in [3.63, 3.8) is 0 Å². The molecule has 0 bridgehead atoms. The number of aliphatic hydroxyl groups excluding tert-OH is 1. The Morgan fingerprint density at radius 2 is 2.21 bits per heavy atom. The molecule has 1 atom stereocenters. The maximum absolute atomic E-state index is 12.2. The summed E-state index contributed by atoms with van der Waals surface area (Å²) in [6.45, 7) is 0.934. The van der Waals surface area contributed by atoms with Crippen LogP contribution in [0.1, 0.15) is 18.9 Å². The summed E-state index contributed by atoms with van der Waals surface area (Å²) in [5, 5.41) is 17.1. The Bertz CT molecular complexity index is 1020. The highest BCUT2D eigenvalue weighted by molar-refractivity contribution is 6.01. The Balaban J connectivity index is 1.53. The van der Waals surface area contributed by atoms with E-state index < -0.39 is 24.9 Å². The third kappa shape index (κ3) is 3.30. The lowest BCUT2D eigenvalue weighted by Crippen LogP contribution is -2.65. The van der Waals surface area contributed by atoms with Crippen LogP contribution >= 0.6 is 0 Å². The number of aliphatic hydroxyl groups is 1. The number of urea groups is 1. The van der Waals surface area contributed by atoms with Crippen LogP contribution in [0.2, 0.25) is 0 Å². The topological polar surface area (TPSA) is 111 Å². The molecule has 1 saturated heterocycles. The molecule has 0 aromatic carbocycles. The molecule has 1 fully saturated rings. The Morgan fingerprint density at radius 3 is 2.89 bits per heavy atom. The van der Waals surface area contributed by atoms with Gasteiger partial charge < -0.3 is 25.7 Å². The van der Waals surface area contributed by atoms with Crippen molar-refractivity contribution in [3.05, 3.63) is 24.3 Å². The SMILES string of the molecule is C[C@@H](O)c1nc2cnc3[nH]ccc3c2n1N1CC(NC(=O)NCC(F)(F)F)C1. The van der Waals surface area contributed by atoms with Crippen LogP contribution in [0, 0.1) is 0 Å². The van der Waals surface area contributed by atoms with Gasteiger partial charge in [0.15, 0.2) is 5.82 Å². The fourth-order valence-corrected chi connectivity index (χ4v) is 3.26. The van der Waals surface area contributed by atoms with Gasteiger partial charge in [-0.05, 0) is 13.0 Å². The first-order chi connectivity index (χ1) is 13.2. The van der Waals surface area contributed by atoms with Crippen LogP contribution in [0.25, 0.3) is 22.1 Å². The lowest BCUT2D eigenvalue weighted by atomic mass is 10.1. The molecule has 0 radical (unpaired) electrons. The van der Waals surface area contributed by atoms with Gasteiger partial charge in [0.05, 0.1) is 25.3 Å². The van der Waals surface area contributed by atoms with Gasteiger partial charge in [-0.3, -0.25) is 0 Å². The summed E-state index contributed by atoms with van der Waals surface area (Å²) in [4.78, 5) is 23.4. The predicted octanol–water partition coefficient (Wildman–Crippen LogP) is 1.15. The molecular weight excluding hydrogens is 379 g/mol. The number of carbonyl (C=O) groups excluding carboxylic acids is 1. The van der Waals surface area contributed by atoms with E-state index in [9.17, 15) is 23.1 Å². The first-order valence-corrected chi connectivity index (χ1v) is 8.62. The van der Waals surface area contributed by atoms with Crippen LogP contribution in [-0.4, -0.2) is 62.6 Å². The standard InChI is InChI=1S/C16H18F3N7O2/c1-8(27)14-24-11-4-21-13-10(2-3-20-13)12(11)26(14)25-5-9(6-25)23-15(28)22-7-16(17,18)19/h2-4,8-9,27H,5-7H2,1H3,(H,20,21)(H2,22,23,28)/t8-/m1/s1. The van der Waals surface area contributed by atoms with Gasteiger partial charge in [0.25, 0.3) is 0 Å². The van der Waals surface area contributed by atoms with E-state index in [0.29, 0.717) is 30.1 Å². The number of nitrogens with zero attached hydrogens (tertiary/aromatic N) is 4. The number of rotatable bonds is 4. The lowest BCUT2D eigenvalue weighted by molar-refractivity contribution is -0.122. The third-order valence-electron chi connectivity index (χ3n) is 4.51. The van der Waals surface area contributed by atoms with Crippen LogP contribution in [0.4, 0.5) is 18.0 Å². The molecule has 150 valence electrons. The smallest absolute Gasteiger partial charge is 0.385 e. The number of alkyl halides is 3. The van der Waals surface area contributed by atoms with E-state index in [1.807, 2.05) is 11.1 Å². The van der Waals surface area contributed by atoms with Crippen LogP contribution in [-0.2, 0) is 0 Å². The van der Waals surface area contributed by atoms with E-state index in [4.69, 9.17) is 0 Å². The van der Waals surface area contributed by atoms with Crippen molar-refractivity contribution in [1.82, 2.24) is 30.3 Å². The van der Waals surface area contributed by atoms with E-state index in [0.717, 1.165) is 10.9 Å². The summed E-state index contributed by atoms with van der Waals surface area (Å²) < 4.78 is 38.3. The molecule has 3 aromatic rings. The predicted molar refractivity (Wildman–Crippen MR) is 94.3 cm³/mol. The molecule has 0 spiro atoms. The van der Waals surface area contributed by atoms with Gasteiger partial charge >= 0.3 is 12.2 Å². The van der Waals surface area contributed by atoms with Gasteiger partial charge in [-0.2, -0.15) is 13.2 Å². The molecule has 4 N–H and O–H groups in total. The zero-order chi connectivity index (χ0) is 20.1. The first kappa shape index (κ1) is 18.3. The second kappa shape index (κ2) is 6.55. The Labute approximate surface area is 156 Å². The number of pyridine rings is 1. The largest absolute Gasteiger partial charge is 0.405 e. The monoisotopic (exact) mass is 397 g/mol. The number of aromatic nitrogens is 4. The molecule has 4 rings (SSSR count). The fraction of sp³-hybridized carbons (Fsp3) is 0.438. The van der Waals surface area contributed by atoms with Crippen LogP contribution in [0.15, 0.2) is 18.5 Å². The summed E-state index contributed by atoms with van der Waals surface area (Å²) in [5.74, 6) is 0.422. The molecule has 4 heterocycles. The van der Waals surface area contributed by atoms with Crippen molar-refractivity contribution in [2.75, 3.05) is 24.6 Å². The average Bonchev–Trinajstić information content (AvgIpc) is 3.18. The maximum atomic E-state index is 12.2. The fourth-order valence-electron chi connectivity index (χ4n) is 3.26. The summed E-state index contributed by atoms with van der Waals surface area (Å²) in [7, 11) is 0. The van der Waals surface area contributed by atoms with E-state index in [1.165, 1.54) is 0 Å². The quantitative estimate of drug-likeness (QED) is 0.528. The number of aromatic amines is 1. The number of hydrogen-bond acceptors (Lipinski definition) is 5. The maximum Gasteiger partial charge on any atom is 0.405 e. The molecule has 2 amide bonds. The zero-order valence-electron chi connectivity index (χ0n) is 14.8. The van der Waals surface area contributed by atoms with Crippen molar-refractivity contribution >= 4 is 28.1 Å². The van der Waals surface area contributed by atoms with Crippen molar-refractivity contribution in [3.8, 4) is 0 Å². The second-order valence-corrected chi connectivity index (χ2v) is 6.70. The van der Waals surface area contributed by atoms with Crippen LogP contribution < -0.4 is 15.6 Å². The number of halogens is 3. The third-order valence-corrected chi connectivity index (χ3v) is 4.51. The van der Waals surface area contributed by atoms with E-state index in [1.54, 1.807) is 29.3 Å². The number of imidazole rings is 1. The number of fused-ring (bicyclic) bond motifs is 3. The molecule has 0 aliphatic carbocycles. The number of nitrogens with one attached hydrogen (secondary N) is 3. The minimum absolute atomic E-state index is 0.323. The lowest BCUT2D eigenvalue weighted by Gasteiger charge is -2.42. The number of amides is 2. The summed E-state index contributed by atoms with van der Waals surface area (Å²) in [6.07, 6.45) is -1.94. The van der Waals surface area contributed by atoms with Crippen molar-refractivity contribution in [1.29, 1.82) is 0 Å². The highest BCUT2D eigenvalue weighted by atomic mass is 19.4. The van der Waals surface area contributed by atoms with Gasteiger partial charge in [-0.1, -0.05) is 0 Å². The zero-order valence-corrected chi connectivity index (χ0v) is 14.8. The molecule has 1 aliphatic rings. The van der Waals surface area contributed by atoms with Gasteiger partial charge in [0.2, 0.25) is 0 Å². The normalized spacial score (nSPS) is 16.4. The molecule has 0 saturated carbocycles. The van der Waals surface area contributed by atoms with Gasteiger partial charge in [0.1, 0.15) is 29.3 Å². The molecule has 1 aliphatic heterocycles. The second-order valence-electron chi connectivity index (χ2n) is 6.70. The average molecular weight is 397 g/mol. The Hall–Kier alpha value is -3.02. The molecule has 0 unspecified atom stereocenters. The first-order valence-electron chi connectivity index (χ1n) is 8.62. The van der Waals surface area contributed by atoms with Gasteiger partial charge in [-0.15, -0.1) is 0 Å². The van der Waals surface area contributed by atoms with Crippen molar-refractivity contribution in [2.24, 2.45) is 0 Å². The summed E-state index contributed by atoms with van der Waals surface area (Å²) >= 11 is 0. The van der Waals surface area contributed by atoms with Crippen molar-refractivity contribution in [2.45, 2.75) is 25.2 Å². The Morgan fingerprint density at radius 1 is 1.46 bits per heavy atom. The Kier molecular flexibility index (Phi) is 4.29. The van der Waals surface area contributed by atoms with E-state index in [-0.39, 0.29) is 6.04 Å². The van der Waals surface area contributed by atoms with Crippen LogP contribution in [0.3, 0.4) is 0 Å². The summed E-state index contributed by atoms with van der Waals surface area (Å²) in [5.41, 5.74) is 2.05. The minimum Gasteiger partial charge on any atom is -0.385 e. The van der Waals surface area contributed by atoms with Crippen molar-refractivity contribution < 1.29 is 23.1 Å². The number of hydrogen-bond donors (Lipinski definition) is 4. The van der Waals surface area contributed by atoms with E-state index in [2.05, 4.69) is 20.3 Å². The van der Waals surface area contributed by atoms with Gasteiger partial charge in [-0.25, -0.2) is 19.4 Å². The number of carbonyl (C=O) groups is 1. The van der Waals surface area contributed by atoms with Crippen LogP contribution in [0.5, 0.6) is 0 Å². The highest BCUT2D eigenvalue weighted by Gasteiger charge is 2.34. The van der Waals surface area contributed by atoms with Gasteiger partial charge in [0, 0.05) is 11.6 Å². The molecule has 9 nitrogen and oxygen atoms in total. The number of H-pyrrole nitrogens is 1. The molecular formula is C16H18F3N7O2.